The number of aryl methyl sites for hydroxylation is 1. The number of rotatable bonds is 5. The van der Waals surface area contributed by atoms with Gasteiger partial charge in [-0.25, -0.2) is 19.1 Å². The molecule has 29 heavy (non-hydrogen) atoms. The van der Waals surface area contributed by atoms with E-state index in [2.05, 4.69) is 20.3 Å². The van der Waals surface area contributed by atoms with Crippen LogP contribution < -0.4 is 16.7 Å². The van der Waals surface area contributed by atoms with Gasteiger partial charge >= 0.3 is 11.4 Å². The maximum Gasteiger partial charge on any atom is 0.355 e. The predicted octanol–water partition coefficient (Wildman–Crippen LogP) is 1.95. The highest BCUT2D eigenvalue weighted by Gasteiger charge is 2.20. The van der Waals surface area contributed by atoms with Crippen LogP contribution in [-0.2, 0) is 4.74 Å². The number of H-pyrrole nitrogens is 1. The van der Waals surface area contributed by atoms with Crippen molar-refractivity contribution in [3.8, 4) is 5.69 Å². The minimum atomic E-state index is -0.544. The van der Waals surface area contributed by atoms with E-state index < -0.39 is 11.4 Å². The van der Waals surface area contributed by atoms with Crippen LogP contribution in [0.4, 0.5) is 5.95 Å². The fourth-order valence-corrected chi connectivity index (χ4v) is 3.57. The summed E-state index contributed by atoms with van der Waals surface area (Å²) in [4.78, 5) is 35.9. The van der Waals surface area contributed by atoms with Gasteiger partial charge in [0.1, 0.15) is 0 Å². The van der Waals surface area contributed by atoms with Crippen molar-refractivity contribution < 1.29 is 4.74 Å². The second-order valence-corrected chi connectivity index (χ2v) is 7.27. The van der Waals surface area contributed by atoms with Crippen LogP contribution in [0.3, 0.4) is 0 Å². The quantitative estimate of drug-likeness (QED) is 0.683. The molecule has 9 nitrogen and oxygen atoms in total. The van der Waals surface area contributed by atoms with Crippen LogP contribution in [-0.4, -0.2) is 37.3 Å². The third-order valence-electron chi connectivity index (χ3n) is 5.15. The third-order valence-corrected chi connectivity index (χ3v) is 5.15. The van der Waals surface area contributed by atoms with E-state index in [1.165, 1.54) is 4.57 Å². The molecule has 152 valence electrons. The van der Waals surface area contributed by atoms with Gasteiger partial charge in [0.05, 0.1) is 18.1 Å². The summed E-state index contributed by atoms with van der Waals surface area (Å²) in [6.45, 7) is 4.97. The van der Waals surface area contributed by atoms with E-state index in [-0.39, 0.29) is 18.0 Å². The summed E-state index contributed by atoms with van der Waals surface area (Å²) in [5.41, 5.74) is 1.92. The number of anilines is 1. The van der Waals surface area contributed by atoms with Gasteiger partial charge in [-0.15, -0.1) is 0 Å². The van der Waals surface area contributed by atoms with E-state index in [1.807, 2.05) is 48.9 Å². The molecule has 1 aliphatic heterocycles. The summed E-state index contributed by atoms with van der Waals surface area (Å²) in [7, 11) is 0. The molecule has 1 aliphatic rings. The number of imidazole rings is 1. The van der Waals surface area contributed by atoms with Crippen molar-refractivity contribution in [2.45, 2.75) is 38.8 Å². The summed E-state index contributed by atoms with van der Waals surface area (Å²) in [5.74, 6) is 0.166. The van der Waals surface area contributed by atoms with E-state index in [9.17, 15) is 9.59 Å². The molecule has 4 rings (SSSR count). The number of hydrogen-bond acceptors (Lipinski definition) is 6. The van der Waals surface area contributed by atoms with Crippen molar-refractivity contribution in [2.75, 3.05) is 18.5 Å². The van der Waals surface area contributed by atoms with Gasteiger partial charge in [-0.05, 0) is 44.4 Å². The topological polar surface area (TPSA) is 107 Å². The molecule has 1 saturated heterocycles. The van der Waals surface area contributed by atoms with Crippen LogP contribution in [0.1, 0.15) is 43.1 Å². The molecule has 1 atom stereocenters. The van der Waals surface area contributed by atoms with E-state index in [4.69, 9.17) is 4.74 Å². The van der Waals surface area contributed by atoms with Crippen LogP contribution in [0.15, 0.2) is 46.4 Å². The van der Waals surface area contributed by atoms with Gasteiger partial charge in [0.15, 0.2) is 0 Å². The lowest BCUT2D eigenvalue weighted by Crippen LogP contribution is -2.42. The zero-order valence-electron chi connectivity index (χ0n) is 16.5. The van der Waals surface area contributed by atoms with E-state index in [0.717, 1.165) is 16.9 Å². The molecule has 0 aliphatic carbocycles. The van der Waals surface area contributed by atoms with Gasteiger partial charge < -0.3 is 14.6 Å². The van der Waals surface area contributed by atoms with Crippen LogP contribution >= 0.6 is 0 Å². The van der Waals surface area contributed by atoms with E-state index in [0.29, 0.717) is 26.1 Å². The Morgan fingerprint density at radius 2 is 2.07 bits per heavy atom. The van der Waals surface area contributed by atoms with Crippen LogP contribution in [0.25, 0.3) is 5.69 Å². The monoisotopic (exact) mass is 396 g/mol. The lowest BCUT2D eigenvalue weighted by atomic mass is 10.1. The Morgan fingerprint density at radius 1 is 1.28 bits per heavy atom. The first-order valence-electron chi connectivity index (χ1n) is 9.69. The maximum atomic E-state index is 12.5. The molecule has 3 heterocycles. The lowest BCUT2D eigenvalue weighted by Gasteiger charge is -2.23. The fraction of sp³-hybridized carbons (Fsp3) is 0.400. The zero-order valence-corrected chi connectivity index (χ0v) is 16.5. The number of benzene rings is 1. The highest BCUT2D eigenvalue weighted by Crippen LogP contribution is 2.20. The molecule has 1 aromatic carbocycles. The Balaban J connectivity index is 1.55. The molecule has 0 saturated carbocycles. The van der Waals surface area contributed by atoms with Gasteiger partial charge in [0, 0.05) is 31.1 Å². The third kappa shape index (κ3) is 4.14. The molecule has 0 unspecified atom stereocenters. The molecule has 0 amide bonds. The molecule has 0 bridgehead atoms. The molecular formula is C20H24N6O3. The van der Waals surface area contributed by atoms with Crippen molar-refractivity contribution in [1.29, 1.82) is 0 Å². The molecule has 0 radical (unpaired) electrons. The van der Waals surface area contributed by atoms with Crippen molar-refractivity contribution in [3.05, 3.63) is 69.0 Å². The van der Waals surface area contributed by atoms with Gasteiger partial charge in [-0.3, -0.25) is 4.98 Å². The second kappa shape index (κ2) is 8.04. The Morgan fingerprint density at radius 3 is 2.76 bits per heavy atom. The molecule has 0 spiro atoms. The van der Waals surface area contributed by atoms with Gasteiger partial charge in [0.2, 0.25) is 5.95 Å². The first-order valence-corrected chi connectivity index (χ1v) is 9.69. The summed E-state index contributed by atoms with van der Waals surface area (Å²) in [6, 6.07) is 7.62. The van der Waals surface area contributed by atoms with Crippen LogP contribution in [0.2, 0.25) is 0 Å². The minimum Gasteiger partial charge on any atom is -0.381 e. The SMILES string of the molecule is Cc1cn(-c2cccc([C@H](C)Nc3nc(=O)n(C4CCOCC4)c(=O)[nH]3)c2)cn1. The average molecular weight is 396 g/mol. The van der Waals surface area contributed by atoms with Crippen LogP contribution in [0, 0.1) is 6.92 Å². The van der Waals surface area contributed by atoms with E-state index in [1.54, 1.807) is 6.33 Å². The van der Waals surface area contributed by atoms with Gasteiger partial charge in [-0.2, -0.15) is 4.98 Å². The smallest absolute Gasteiger partial charge is 0.355 e. The number of nitrogens with one attached hydrogen (secondary N) is 2. The van der Waals surface area contributed by atoms with Crippen molar-refractivity contribution in [1.82, 2.24) is 24.1 Å². The Hall–Kier alpha value is -3.20. The van der Waals surface area contributed by atoms with Crippen molar-refractivity contribution >= 4 is 5.95 Å². The van der Waals surface area contributed by atoms with Gasteiger partial charge in [0.25, 0.3) is 0 Å². The molecule has 9 heteroatoms. The first-order chi connectivity index (χ1) is 14.0. The molecule has 2 N–H and O–H groups in total. The number of aromatic nitrogens is 5. The fourth-order valence-electron chi connectivity index (χ4n) is 3.57. The lowest BCUT2D eigenvalue weighted by molar-refractivity contribution is 0.0670. The second-order valence-electron chi connectivity index (χ2n) is 7.27. The van der Waals surface area contributed by atoms with Crippen LogP contribution in [0.5, 0.6) is 0 Å². The zero-order chi connectivity index (χ0) is 20.4. The van der Waals surface area contributed by atoms with Crippen molar-refractivity contribution in [3.63, 3.8) is 0 Å². The van der Waals surface area contributed by atoms with E-state index >= 15 is 0 Å². The largest absolute Gasteiger partial charge is 0.381 e. The number of hydrogen-bond donors (Lipinski definition) is 2. The highest BCUT2D eigenvalue weighted by atomic mass is 16.5. The van der Waals surface area contributed by atoms with Crippen molar-refractivity contribution in [2.24, 2.45) is 0 Å². The molecule has 3 aromatic rings. The summed E-state index contributed by atoms with van der Waals surface area (Å²) >= 11 is 0. The molecule has 1 fully saturated rings. The average Bonchev–Trinajstić information content (AvgIpc) is 3.15. The Bertz CT molecular complexity index is 1080. The summed E-state index contributed by atoms with van der Waals surface area (Å²) in [6.07, 6.45) is 4.98. The number of aromatic amines is 1. The summed E-state index contributed by atoms with van der Waals surface area (Å²) in [5, 5.41) is 3.12. The minimum absolute atomic E-state index is 0.166. The van der Waals surface area contributed by atoms with Gasteiger partial charge in [-0.1, -0.05) is 12.1 Å². The standard InChI is InChI=1S/C20H24N6O3/c1-13-11-25(12-21-13)17-5-3-4-15(10-17)14(2)22-18-23-19(27)26(20(28)24-18)16-6-8-29-9-7-16/h3-5,10-12,14,16H,6-9H2,1-2H3,(H2,22,23,24,27,28)/t14-/m0/s1. The first kappa shape index (κ1) is 19.1. The molecular weight excluding hydrogens is 372 g/mol. The Kier molecular flexibility index (Phi) is 5.30. The normalized spacial score (nSPS) is 15.9. The highest BCUT2D eigenvalue weighted by molar-refractivity contribution is 5.40. The predicted molar refractivity (Wildman–Crippen MR) is 109 cm³/mol. The number of ether oxygens (including phenoxy) is 1. The summed E-state index contributed by atoms with van der Waals surface area (Å²) < 4.78 is 8.44. The maximum absolute atomic E-state index is 12.5. The molecule has 2 aromatic heterocycles. The number of nitrogens with zero attached hydrogens (tertiary/aromatic N) is 4. The Labute approximate surface area is 167 Å².